The molecule has 0 saturated carbocycles. The predicted molar refractivity (Wildman–Crippen MR) is 88.2 cm³/mol. The topological polar surface area (TPSA) is 35.5 Å². The minimum absolute atomic E-state index is 0.181. The van der Waals surface area contributed by atoms with Gasteiger partial charge in [-0.15, -0.1) is 0 Å². The highest BCUT2D eigenvalue weighted by molar-refractivity contribution is 5.15. The number of rotatable bonds is 7. The van der Waals surface area contributed by atoms with Gasteiger partial charge in [0.05, 0.1) is 6.10 Å². The van der Waals surface area contributed by atoms with Gasteiger partial charge in [-0.25, -0.2) is 0 Å². The fourth-order valence-electron chi connectivity index (χ4n) is 3.06. The molecular weight excluding hydrogens is 260 g/mol. The van der Waals surface area contributed by atoms with Gasteiger partial charge in [0, 0.05) is 31.7 Å². The number of aliphatic hydroxyl groups excluding tert-OH is 1. The smallest absolute Gasteiger partial charge is 0.0682 e. The van der Waals surface area contributed by atoms with Crippen molar-refractivity contribution in [3.8, 4) is 0 Å². The molecule has 3 nitrogen and oxygen atoms in total. The largest absolute Gasteiger partial charge is 0.392 e. The van der Waals surface area contributed by atoms with Crippen LogP contribution in [0.25, 0.3) is 0 Å². The maximum atomic E-state index is 10.00. The van der Waals surface area contributed by atoms with Crippen LogP contribution in [0.4, 0.5) is 0 Å². The molecule has 1 heterocycles. The number of nitrogens with zero attached hydrogens (tertiary/aromatic N) is 1. The van der Waals surface area contributed by atoms with Crippen molar-refractivity contribution < 1.29 is 5.11 Å². The Kier molecular flexibility index (Phi) is 6.22. The van der Waals surface area contributed by atoms with Crippen LogP contribution in [-0.2, 0) is 6.54 Å². The number of β-amino-alcohol motifs (C(OH)–C–C–N with tert-alkyl or cyclic N) is 1. The first kappa shape index (κ1) is 16.5. The molecule has 2 rings (SSSR count). The molecule has 0 amide bonds. The Morgan fingerprint density at radius 3 is 2.67 bits per heavy atom. The molecule has 0 aliphatic carbocycles. The fraction of sp³-hybridized carbons (Fsp3) is 0.667. The molecule has 1 aliphatic rings. The second-order valence-electron chi connectivity index (χ2n) is 6.54. The molecule has 1 fully saturated rings. The number of benzene rings is 1. The normalized spacial score (nSPS) is 25.9. The van der Waals surface area contributed by atoms with E-state index in [4.69, 9.17) is 0 Å². The summed E-state index contributed by atoms with van der Waals surface area (Å²) < 4.78 is 0. The summed E-state index contributed by atoms with van der Waals surface area (Å²) in [4.78, 5) is 2.41. The summed E-state index contributed by atoms with van der Waals surface area (Å²) in [7, 11) is 0. The van der Waals surface area contributed by atoms with Gasteiger partial charge in [0.1, 0.15) is 0 Å². The highest BCUT2D eigenvalue weighted by Crippen LogP contribution is 2.20. The van der Waals surface area contributed by atoms with E-state index in [0.29, 0.717) is 18.0 Å². The molecule has 21 heavy (non-hydrogen) atoms. The van der Waals surface area contributed by atoms with Gasteiger partial charge in [-0.1, -0.05) is 50.6 Å². The van der Waals surface area contributed by atoms with E-state index in [9.17, 15) is 5.11 Å². The summed E-state index contributed by atoms with van der Waals surface area (Å²) >= 11 is 0. The highest BCUT2D eigenvalue weighted by Gasteiger charge is 2.30. The average Bonchev–Trinajstić information content (AvgIpc) is 2.84. The van der Waals surface area contributed by atoms with Gasteiger partial charge in [-0.05, 0) is 24.8 Å². The van der Waals surface area contributed by atoms with E-state index in [1.54, 1.807) is 0 Å². The van der Waals surface area contributed by atoms with Crippen LogP contribution in [0.3, 0.4) is 0 Å². The Morgan fingerprint density at radius 2 is 2.00 bits per heavy atom. The number of aliphatic hydroxyl groups is 1. The minimum atomic E-state index is -0.181. The third-order valence-corrected chi connectivity index (χ3v) is 4.91. The Morgan fingerprint density at radius 1 is 1.29 bits per heavy atom. The maximum absolute atomic E-state index is 10.00. The highest BCUT2D eigenvalue weighted by atomic mass is 16.3. The van der Waals surface area contributed by atoms with Gasteiger partial charge >= 0.3 is 0 Å². The molecule has 0 spiro atoms. The van der Waals surface area contributed by atoms with Gasteiger partial charge < -0.3 is 10.4 Å². The van der Waals surface area contributed by atoms with Crippen LogP contribution in [0.15, 0.2) is 30.3 Å². The Bertz CT molecular complexity index is 409. The third kappa shape index (κ3) is 4.80. The molecule has 1 aromatic rings. The van der Waals surface area contributed by atoms with E-state index in [1.807, 2.05) is 0 Å². The summed E-state index contributed by atoms with van der Waals surface area (Å²) in [5.74, 6) is 0.693. The van der Waals surface area contributed by atoms with Crippen molar-refractivity contribution in [3.63, 3.8) is 0 Å². The standard InChI is InChI=1S/C18H30N2O/c1-4-14(2)15(3)19-11-17-10-18(21)13-20(17)12-16-8-6-5-7-9-16/h5-9,14-15,17-19,21H,4,10-13H2,1-3H3. The van der Waals surface area contributed by atoms with Gasteiger partial charge in [0.2, 0.25) is 0 Å². The summed E-state index contributed by atoms with van der Waals surface area (Å²) in [6.07, 6.45) is 1.90. The molecular formula is C18H30N2O. The molecule has 1 aromatic carbocycles. The van der Waals surface area contributed by atoms with Crippen LogP contribution in [0.2, 0.25) is 0 Å². The van der Waals surface area contributed by atoms with E-state index >= 15 is 0 Å². The second kappa shape index (κ2) is 7.92. The minimum Gasteiger partial charge on any atom is -0.392 e. The second-order valence-corrected chi connectivity index (χ2v) is 6.54. The monoisotopic (exact) mass is 290 g/mol. The van der Waals surface area contributed by atoms with Crippen LogP contribution in [0.5, 0.6) is 0 Å². The van der Waals surface area contributed by atoms with Gasteiger partial charge in [-0.2, -0.15) is 0 Å². The molecule has 4 atom stereocenters. The number of likely N-dealkylation sites (tertiary alicyclic amines) is 1. The van der Waals surface area contributed by atoms with Gasteiger partial charge in [0.15, 0.2) is 0 Å². The summed E-state index contributed by atoms with van der Waals surface area (Å²) in [6, 6.07) is 11.5. The number of hydrogen-bond acceptors (Lipinski definition) is 3. The van der Waals surface area contributed by atoms with Crippen LogP contribution in [0.1, 0.15) is 39.2 Å². The molecule has 118 valence electrons. The molecule has 0 radical (unpaired) electrons. The number of nitrogens with one attached hydrogen (secondary N) is 1. The van der Waals surface area contributed by atoms with Crippen LogP contribution in [-0.4, -0.2) is 41.3 Å². The lowest BCUT2D eigenvalue weighted by Crippen LogP contribution is -2.42. The van der Waals surface area contributed by atoms with E-state index in [-0.39, 0.29) is 6.10 Å². The van der Waals surface area contributed by atoms with Crippen molar-refractivity contribution in [1.29, 1.82) is 0 Å². The lowest BCUT2D eigenvalue weighted by molar-refractivity contribution is 0.172. The summed E-state index contributed by atoms with van der Waals surface area (Å²) in [6.45, 7) is 9.49. The zero-order valence-corrected chi connectivity index (χ0v) is 13.6. The van der Waals surface area contributed by atoms with E-state index < -0.39 is 0 Å². The first-order valence-corrected chi connectivity index (χ1v) is 8.29. The van der Waals surface area contributed by atoms with E-state index in [0.717, 1.165) is 26.1 Å². The fourth-order valence-corrected chi connectivity index (χ4v) is 3.06. The predicted octanol–water partition coefficient (Wildman–Crippen LogP) is 2.65. The first-order chi connectivity index (χ1) is 10.1. The third-order valence-electron chi connectivity index (χ3n) is 4.91. The number of hydrogen-bond donors (Lipinski definition) is 2. The molecule has 0 aromatic heterocycles. The SMILES string of the molecule is CCC(C)C(C)NCC1CC(O)CN1Cc1ccccc1. The van der Waals surface area contributed by atoms with Crippen LogP contribution >= 0.6 is 0 Å². The van der Waals surface area contributed by atoms with Crippen molar-refractivity contribution >= 4 is 0 Å². The van der Waals surface area contributed by atoms with Crippen LogP contribution < -0.4 is 5.32 Å². The molecule has 1 aliphatic heterocycles. The molecule has 0 bridgehead atoms. The molecule has 2 N–H and O–H groups in total. The molecule has 3 heteroatoms. The molecule has 4 unspecified atom stereocenters. The molecule has 1 saturated heterocycles. The lowest BCUT2D eigenvalue weighted by Gasteiger charge is -2.27. The summed E-state index contributed by atoms with van der Waals surface area (Å²) in [5.41, 5.74) is 1.33. The van der Waals surface area contributed by atoms with Crippen molar-refractivity contribution in [1.82, 2.24) is 10.2 Å². The average molecular weight is 290 g/mol. The van der Waals surface area contributed by atoms with Crippen molar-refractivity contribution in [3.05, 3.63) is 35.9 Å². The van der Waals surface area contributed by atoms with Crippen molar-refractivity contribution in [2.75, 3.05) is 13.1 Å². The van der Waals surface area contributed by atoms with E-state index in [1.165, 1.54) is 12.0 Å². The van der Waals surface area contributed by atoms with E-state index in [2.05, 4.69) is 61.3 Å². The Labute approximate surface area is 129 Å². The first-order valence-electron chi connectivity index (χ1n) is 8.29. The Balaban J connectivity index is 1.88. The Hall–Kier alpha value is -0.900. The lowest BCUT2D eigenvalue weighted by atomic mass is 10.0. The quantitative estimate of drug-likeness (QED) is 0.810. The maximum Gasteiger partial charge on any atom is 0.0682 e. The van der Waals surface area contributed by atoms with Gasteiger partial charge in [-0.3, -0.25) is 4.90 Å². The summed E-state index contributed by atoms with van der Waals surface area (Å²) in [5, 5.41) is 13.7. The van der Waals surface area contributed by atoms with Crippen LogP contribution in [0, 0.1) is 5.92 Å². The van der Waals surface area contributed by atoms with Gasteiger partial charge in [0.25, 0.3) is 0 Å². The zero-order valence-electron chi connectivity index (χ0n) is 13.6. The zero-order chi connectivity index (χ0) is 15.2. The van der Waals surface area contributed by atoms with Crippen molar-refractivity contribution in [2.45, 2.75) is 58.3 Å². The van der Waals surface area contributed by atoms with Crippen molar-refractivity contribution in [2.24, 2.45) is 5.92 Å².